The number of anilines is 1. The van der Waals surface area contributed by atoms with Gasteiger partial charge in [-0.25, -0.2) is 4.39 Å². The van der Waals surface area contributed by atoms with Crippen molar-refractivity contribution in [3.8, 4) is 0 Å². The molecule has 1 aromatic carbocycles. The summed E-state index contributed by atoms with van der Waals surface area (Å²) < 4.78 is 18.6. The number of furan rings is 1. The van der Waals surface area contributed by atoms with Crippen LogP contribution in [-0.2, 0) is 0 Å². The number of benzene rings is 1. The lowest BCUT2D eigenvalue weighted by Gasteiger charge is -2.03. The average molecular weight is 233 g/mol. The molecule has 88 valence electrons. The summed E-state index contributed by atoms with van der Waals surface area (Å²) in [7, 11) is 0. The first-order valence-corrected chi connectivity index (χ1v) is 5.21. The number of hydrogen-bond acceptors (Lipinski definition) is 2. The first-order chi connectivity index (χ1) is 8.08. The van der Waals surface area contributed by atoms with Crippen molar-refractivity contribution < 1.29 is 13.6 Å². The zero-order valence-electron chi connectivity index (χ0n) is 9.58. The van der Waals surface area contributed by atoms with E-state index in [-0.39, 0.29) is 11.4 Å². The fraction of sp³-hybridized carbons (Fsp3) is 0.154. The van der Waals surface area contributed by atoms with Crippen LogP contribution in [0.1, 0.15) is 21.9 Å². The van der Waals surface area contributed by atoms with E-state index < -0.39 is 11.7 Å². The van der Waals surface area contributed by atoms with E-state index in [1.54, 1.807) is 25.1 Å². The summed E-state index contributed by atoms with van der Waals surface area (Å²) in [5.41, 5.74) is 1.04. The highest BCUT2D eigenvalue weighted by Crippen LogP contribution is 2.17. The van der Waals surface area contributed by atoms with E-state index in [0.29, 0.717) is 5.76 Å². The number of nitrogens with one attached hydrogen (secondary N) is 1. The van der Waals surface area contributed by atoms with Crippen LogP contribution in [0, 0.1) is 19.7 Å². The van der Waals surface area contributed by atoms with Gasteiger partial charge in [-0.15, -0.1) is 0 Å². The number of aryl methyl sites for hydroxylation is 2. The van der Waals surface area contributed by atoms with Crippen molar-refractivity contribution in [1.82, 2.24) is 0 Å². The molecule has 3 nitrogen and oxygen atoms in total. The Labute approximate surface area is 98.3 Å². The Balaban J connectivity index is 2.20. The van der Waals surface area contributed by atoms with Crippen LogP contribution >= 0.6 is 0 Å². The highest BCUT2D eigenvalue weighted by molar-refractivity contribution is 6.02. The number of carbonyl (C=O) groups is 1. The molecule has 2 aromatic rings. The summed E-state index contributed by atoms with van der Waals surface area (Å²) in [6, 6.07) is 7.62. The van der Waals surface area contributed by atoms with Gasteiger partial charge in [-0.2, -0.15) is 0 Å². The Bertz CT molecular complexity index is 541. The maximum atomic E-state index is 13.3. The minimum absolute atomic E-state index is 0.143. The first kappa shape index (κ1) is 11.4. The minimum Gasteiger partial charge on any atom is -0.456 e. The fourth-order valence-electron chi connectivity index (χ4n) is 1.43. The van der Waals surface area contributed by atoms with Crippen molar-refractivity contribution in [2.45, 2.75) is 13.8 Å². The molecule has 1 N–H and O–H groups in total. The largest absolute Gasteiger partial charge is 0.456 e. The lowest BCUT2D eigenvalue weighted by atomic mass is 10.2. The van der Waals surface area contributed by atoms with Gasteiger partial charge in [-0.1, -0.05) is 12.1 Å². The monoisotopic (exact) mass is 233 g/mol. The van der Waals surface area contributed by atoms with Gasteiger partial charge in [0, 0.05) is 0 Å². The van der Waals surface area contributed by atoms with Gasteiger partial charge in [0.05, 0.1) is 5.69 Å². The van der Waals surface area contributed by atoms with Gasteiger partial charge in [0.1, 0.15) is 11.6 Å². The molecule has 4 heteroatoms. The number of amides is 1. The Morgan fingerprint density at radius 2 is 2.00 bits per heavy atom. The van der Waals surface area contributed by atoms with Gasteiger partial charge < -0.3 is 9.73 Å². The molecule has 0 aliphatic rings. The third-order valence-corrected chi connectivity index (χ3v) is 2.51. The van der Waals surface area contributed by atoms with E-state index in [1.807, 2.05) is 6.92 Å². The predicted molar refractivity (Wildman–Crippen MR) is 62.5 cm³/mol. The molecule has 0 spiro atoms. The molecule has 2 rings (SSSR count). The van der Waals surface area contributed by atoms with Crippen LogP contribution in [0.25, 0.3) is 0 Å². The van der Waals surface area contributed by atoms with Crippen LogP contribution in [0.3, 0.4) is 0 Å². The average Bonchev–Trinajstić information content (AvgIpc) is 2.63. The molecule has 1 heterocycles. The van der Waals surface area contributed by atoms with E-state index in [4.69, 9.17) is 4.42 Å². The number of hydrogen-bond donors (Lipinski definition) is 1. The summed E-state index contributed by atoms with van der Waals surface area (Å²) in [5.74, 6) is -0.0564. The zero-order valence-corrected chi connectivity index (χ0v) is 9.58. The van der Waals surface area contributed by atoms with Gasteiger partial charge in [-0.3, -0.25) is 4.79 Å². The lowest BCUT2D eigenvalue weighted by Crippen LogP contribution is -2.11. The van der Waals surface area contributed by atoms with Crippen molar-refractivity contribution in [3.63, 3.8) is 0 Å². The molecule has 0 radical (unpaired) electrons. The zero-order chi connectivity index (χ0) is 12.4. The molecule has 0 aliphatic carbocycles. The minimum atomic E-state index is -0.471. The summed E-state index contributed by atoms with van der Waals surface area (Å²) >= 11 is 0. The van der Waals surface area contributed by atoms with Gasteiger partial charge in [0.15, 0.2) is 5.76 Å². The summed E-state index contributed by atoms with van der Waals surface area (Å²) in [4.78, 5) is 11.8. The Morgan fingerprint density at radius 3 is 2.59 bits per heavy atom. The van der Waals surface area contributed by atoms with Crippen LogP contribution < -0.4 is 5.32 Å². The van der Waals surface area contributed by atoms with Crippen molar-refractivity contribution in [1.29, 1.82) is 0 Å². The van der Waals surface area contributed by atoms with Crippen LogP contribution in [0.15, 0.2) is 34.7 Å². The van der Waals surface area contributed by atoms with Crippen molar-refractivity contribution in [2.75, 3.05) is 5.32 Å². The van der Waals surface area contributed by atoms with Crippen LogP contribution in [0.4, 0.5) is 10.1 Å². The quantitative estimate of drug-likeness (QED) is 0.864. The Kier molecular flexibility index (Phi) is 2.95. The van der Waals surface area contributed by atoms with E-state index >= 15 is 0 Å². The summed E-state index contributed by atoms with van der Waals surface area (Å²) in [6.45, 7) is 3.62. The van der Waals surface area contributed by atoms with Crippen LogP contribution in [0.5, 0.6) is 0 Å². The molecule has 1 amide bonds. The maximum absolute atomic E-state index is 13.3. The third-order valence-electron chi connectivity index (χ3n) is 2.51. The van der Waals surface area contributed by atoms with Crippen LogP contribution in [0.2, 0.25) is 0 Å². The van der Waals surface area contributed by atoms with Crippen molar-refractivity contribution in [2.24, 2.45) is 0 Å². The molecule has 17 heavy (non-hydrogen) atoms. The molecular weight excluding hydrogens is 221 g/mol. The lowest BCUT2D eigenvalue weighted by molar-refractivity contribution is 0.0995. The SMILES string of the molecule is Cc1cc(C(=O)Nc2ccccc2F)oc1C. The topological polar surface area (TPSA) is 42.2 Å². The molecule has 0 unspecified atom stereocenters. The second-order valence-electron chi connectivity index (χ2n) is 3.78. The number of para-hydroxylation sites is 1. The molecule has 0 saturated carbocycles. The molecule has 1 aromatic heterocycles. The normalized spacial score (nSPS) is 10.3. The number of rotatable bonds is 2. The molecule has 0 saturated heterocycles. The maximum Gasteiger partial charge on any atom is 0.291 e. The van der Waals surface area contributed by atoms with Gasteiger partial charge in [-0.05, 0) is 37.6 Å². The first-order valence-electron chi connectivity index (χ1n) is 5.21. The highest BCUT2D eigenvalue weighted by Gasteiger charge is 2.13. The Morgan fingerprint density at radius 1 is 1.29 bits per heavy atom. The van der Waals surface area contributed by atoms with E-state index in [0.717, 1.165) is 5.56 Å². The van der Waals surface area contributed by atoms with E-state index in [9.17, 15) is 9.18 Å². The molecule has 0 atom stereocenters. The molecule has 0 aliphatic heterocycles. The highest BCUT2D eigenvalue weighted by atomic mass is 19.1. The third kappa shape index (κ3) is 2.36. The fourth-order valence-corrected chi connectivity index (χ4v) is 1.43. The molecular formula is C13H12FNO2. The van der Waals surface area contributed by atoms with Crippen molar-refractivity contribution >= 4 is 11.6 Å². The second-order valence-corrected chi connectivity index (χ2v) is 3.78. The predicted octanol–water partition coefficient (Wildman–Crippen LogP) is 3.29. The van der Waals surface area contributed by atoms with Gasteiger partial charge >= 0.3 is 0 Å². The van der Waals surface area contributed by atoms with Gasteiger partial charge in [0.2, 0.25) is 0 Å². The molecule has 0 fully saturated rings. The second kappa shape index (κ2) is 4.41. The van der Waals surface area contributed by atoms with E-state index in [1.165, 1.54) is 12.1 Å². The Hall–Kier alpha value is -2.10. The van der Waals surface area contributed by atoms with Crippen molar-refractivity contribution in [3.05, 3.63) is 53.2 Å². The summed E-state index contributed by atoms with van der Waals surface area (Å²) in [6.07, 6.45) is 0. The standard InChI is InChI=1S/C13H12FNO2/c1-8-7-12(17-9(8)2)13(16)15-11-6-4-3-5-10(11)14/h3-7H,1-2H3,(H,15,16). The van der Waals surface area contributed by atoms with E-state index in [2.05, 4.69) is 5.32 Å². The number of halogens is 1. The molecule has 0 bridgehead atoms. The number of carbonyl (C=O) groups excluding carboxylic acids is 1. The van der Waals surface area contributed by atoms with Gasteiger partial charge in [0.25, 0.3) is 5.91 Å². The summed E-state index contributed by atoms with van der Waals surface area (Å²) in [5, 5.41) is 2.46. The smallest absolute Gasteiger partial charge is 0.291 e. The van der Waals surface area contributed by atoms with Crippen LogP contribution in [-0.4, -0.2) is 5.91 Å².